The summed E-state index contributed by atoms with van der Waals surface area (Å²) < 4.78 is 4.90. The molecule has 3 nitrogen and oxygen atoms in total. The molecule has 6 aromatic rings. The minimum Gasteiger partial charge on any atom is -0.313 e. The zero-order valence-electron chi connectivity index (χ0n) is 17.8. The van der Waals surface area contributed by atoms with Gasteiger partial charge in [-0.2, -0.15) is 0 Å². The molecule has 154 valence electrons. The van der Waals surface area contributed by atoms with Gasteiger partial charge in [0.2, 0.25) is 0 Å². The van der Waals surface area contributed by atoms with Gasteiger partial charge in [0.1, 0.15) is 0 Å². The standard InChI is InChI=1S/C29H23N3/c1-3-9-20(10-4-1)31-24-14-8-7-13-22(24)28-26(31)15-16-27-29(28)23-19-30-18-17-25(23)32(27)21-11-5-2-6-12-21/h1-6,9-12,15-19H,7-8,13-14H2. The monoisotopic (exact) mass is 413 g/mol. The lowest BCUT2D eigenvalue weighted by molar-refractivity contribution is 0.667. The summed E-state index contributed by atoms with van der Waals surface area (Å²) in [4.78, 5) is 4.53. The SMILES string of the molecule is c1ccc(-n2c3c(c4c5c6cnccc6n(-c6ccccc6)c5ccc42)CCCC3)cc1. The number of hydrogen-bond donors (Lipinski definition) is 0. The summed E-state index contributed by atoms with van der Waals surface area (Å²) in [6, 6.07) is 28.3. The summed E-state index contributed by atoms with van der Waals surface area (Å²) in [5.74, 6) is 0. The minimum absolute atomic E-state index is 1.13. The predicted molar refractivity (Wildman–Crippen MR) is 132 cm³/mol. The third-order valence-electron chi connectivity index (χ3n) is 6.99. The molecule has 0 amide bonds. The van der Waals surface area contributed by atoms with E-state index in [2.05, 4.69) is 93.0 Å². The van der Waals surface area contributed by atoms with Crippen LogP contribution in [0, 0.1) is 0 Å². The molecule has 3 heteroatoms. The van der Waals surface area contributed by atoms with Gasteiger partial charge in [-0.3, -0.25) is 4.98 Å². The summed E-state index contributed by atoms with van der Waals surface area (Å²) in [5.41, 5.74) is 9.23. The molecular weight excluding hydrogens is 390 g/mol. The minimum atomic E-state index is 1.13. The highest BCUT2D eigenvalue weighted by molar-refractivity contribution is 6.22. The van der Waals surface area contributed by atoms with Gasteiger partial charge in [0.05, 0.1) is 16.6 Å². The number of aromatic nitrogens is 3. The summed E-state index contributed by atoms with van der Waals surface area (Å²) in [6.45, 7) is 0. The normalized spacial score (nSPS) is 13.8. The molecule has 0 saturated carbocycles. The second-order valence-corrected chi connectivity index (χ2v) is 8.72. The van der Waals surface area contributed by atoms with Crippen LogP contribution in [0.25, 0.3) is 44.1 Å². The quantitative estimate of drug-likeness (QED) is 0.300. The molecule has 1 aliphatic rings. The molecule has 0 radical (unpaired) electrons. The van der Waals surface area contributed by atoms with Crippen LogP contribution in [-0.4, -0.2) is 14.1 Å². The highest BCUT2D eigenvalue weighted by Crippen LogP contribution is 2.42. The van der Waals surface area contributed by atoms with Crippen LogP contribution in [0.2, 0.25) is 0 Å². The van der Waals surface area contributed by atoms with E-state index in [-0.39, 0.29) is 0 Å². The molecule has 0 saturated heterocycles. The number of para-hydroxylation sites is 2. The number of nitrogens with zero attached hydrogens (tertiary/aromatic N) is 3. The van der Waals surface area contributed by atoms with Gasteiger partial charge in [-0.25, -0.2) is 0 Å². The van der Waals surface area contributed by atoms with Crippen molar-refractivity contribution in [2.75, 3.05) is 0 Å². The average Bonchev–Trinajstić information content (AvgIpc) is 3.38. The first-order valence-corrected chi connectivity index (χ1v) is 11.5. The lowest BCUT2D eigenvalue weighted by Crippen LogP contribution is -2.06. The highest BCUT2D eigenvalue weighted by Gasteiger charge is 2.25. The molecule has 0 spiro atoms. The Hall–Kier alpha value is -3.85. The highest BCUT2D eigenvalue weighted by atomic mass is 15.0. The van der Waals surface area contributed by atoms with E-state index in [0.29, 0.717) is 0 Å². The molecule has 3 aromatic carbocycles. The third-order valence-corrected chi connectivity index (χ3v) is 6.99. The van der Waals surface area contributed by atoms with Crippen molar-refractivity contribution in [2.45, 2.75) is 25.7 Å². The molecule has 1 aliphatic carbocycles. The van der Waals surface area contributed by atoms with Gasteiger partial charge in [0.15, 0.2) is 0 Å². The number of pyridine rings is 1. The fourth-order valence-electron chi connectivity index (χ4n) is 5.71. The number of aryl methyl sites for hydroxylation is 1. The fourth-order valence-corrected chi connectivity index (χ4v) is 5.71. The van der Waals surface area contributed by atoms with E-state index >= 15 is 0 Å². The molecule has 0 unspecified atom stereocenters. The van der Waals surface area contributed by atoms with E-state index < -0.39 is 0 Å². The van der Waals surface area contributed by atoms with E-state index in [4.69, 9.17) is 0 Å². The van der Waals surface area contributed by atoms with E-state index in [1.54, 1.807) is 0 Å². The Morgan fingerprint density at radius 1 is 0.594 bits per heavy atom. The second-order valence-electron chi connectivity index (χ2n) is 8.72. The maximum absolute atomic E-state index is 4.53. The largest absolute Gasteiger partial charge is 0.313 e. The summed E-state index contributed by atoms with van der Waals surface area (Å²) >= 11 is 0. The van der Waals surface area contributed by atoms with Crippen molar-refractivity contribution in [3.63, 3.8) is 0 Å². The number of hydrogen-bond acceptors (Lipinski definition) is 1. The van der Waals surface area contributed by atoms with Crippen molar-refractivity contribution < 1.29 is 0 Å². The summed E-state index contributed by atoms with van der Waals surface area (Å²) in [6.07, 6.45) is 8.74. The summed E-state index contributed by atoms with van der Waals surface area (Å²) in [5, 5.41) is 3.98. The van der Waals surface area contributed by atoms with Crippen LogP contribution in [0.3, 0.4) is 0 Å². The van der Waals surface area contributed by atoms with Crippen LogP contribution < -0.4 is 0 Å². The molecule has 3 aromatic heterocycles. The first-order chi connectivity index (χ1) is 15.9. The lowest BCUT2D eigenvalue weighted by Gasteiger charge is -2.16. The van der Waals surface area contributed by atoms with Crippen LogP contribution in [0.15, 0.2) is 91.3 Å². The molecule has 0 N–H and O–H groups in total. The first kappa shape index (κ1) is 17.8. The maximum Gasteiger partial charge on any atom is 0.0572 e. The van der Waals surface area contributed by atoms with E-state index in [0.717, 1.165) is 12.8 Å². The van der Waals surface area contributed by atoms with E-state index in [1.165, 1.54) is 68.2 Å². The van der Waals surface area contributed by atoms with Gasteiger partial charge in [-0.1, -0.05) is 36.4 Å². The Morgan fingerprint density at radius 3 is 2.00 bits per heavy atom. The number of fused-ring (bicyclic) bond motifs is 7. The molecule has 3 heterocycles. The van der Waals surface area contributed by atoms with Crippen molar-refractivity contribution >= 4 is 32.7 Å². The molecule has 0 aliphatic heterocycles. The van der Waals surface area contributed by atoms with Gasteiger partial charge in [-0.05, 0) is 73.7 Å². The predicted octanol–water partition coefficient (Wildman–Crippen LogP) is 7.00. The Bertz CT molecular complexity index is 1600. The van der Waals surface area contributed by atoms with Crippen LogP contribution in [0.4, 0.5) is 0 Å². The van der Waals surface area contributed by atoms with Crippen molar-refractivity contribution in [1.82, 2.24) is 14.1 Å². The smallest absolute Gasteiger partial charge is 0.0572 e. The Kier molecular flexibility index (Phi) is 3.80. The molecule has 0 atom stereocenters. The van der Waals surface area contributed by atoms with Crippen molar-refractivity contribution in [3.05, 3.63) is 103 Å². The molecule has 32 heavy (non-hydrogen) atoms. The topological polar surface area (TPSA) is 22.8 Å². The Balaban J connectivity index is 1.69. The molecule has 0 bridgehead atoms. The average molecular weight is 414 g/mol. The molecule has 7 rings (SSSR count). The van der Waals surface area contributed by atoms with Crippen LogP contribution in [0.1, 0.15) is 24.1 Å². The Morgan fingerprint density at radius 2 is 1.25 bits per heavy atom. The van der Waals surface area contributed by atoms with Gasteiger partial charge in [0, 0.05) is 45.6 Å². The molecule has 0 fully saturated rings. The van der Waals surface area contributed by atoms with Gasteiger partial charge in [0.25, 0.3) is 0 Å². The van der Waals surface area contributed by atoms with Crippen molar-refractivity contribution in [2.24, 2.45) is 0 Å². The first-order valence-electron chi connectivity index (χ1n) is 11.5. The lowest BCUT2D eigenvalue weighted by atomic mass is 9.94. The van der Waals surface area contributed by atoms with Crippen LogP contribution in [-0.2, 0) is 12.8 Å². The van der Waals surface area contributed by atoms with Gasteiger partial charge in [-0.15, -0.1) is 0 Å². The van der Waals surface area contributed by atoms with Crippen molar-refractivity contribution in [3.8, 4) is 11.4 Å². The maximum atomic E-state index is 4.53. The van der Waals surface area contributed by atoms with Gasteiger partial charge >= 0.3 is 0 Å². The number of benzene rings is 3. The zero-order valence-corrected chi connectivity index (χ0v) is 17.8. The third kappa shape index (κ3) is 2.39. The van der Waals surface area contributed by atoms with Crippen LogP contribution in [0.5, 0.6) is 0 Å². The van der Waals surface area contributed by atoms with Gasteiger partial charge < -0.3 is 9.13 Å². The van der Waals surface area contributed by atoms with E-state index in [1.807, 2.05) is 12.4 Å². The molecular formula is C29H23N3. The van der Waals surface area contributed by atoms with Crippen LogP contribution >= 0.6 is 0 Å². The Labute approximate surface area is 186 Å². The van der Waals surface area contributed by atoms with E-state index in [9.17, 15) is 0 Å². The summed E-state index contributed by atoms with van der Waals surface area (Å²) in [7, 11) is 0. The second kappa shape index (κ2) is 6.83. The zero-order chi connectivity index (χ0) is 21.1. The number of rotatable bonds is 2. The fraction of sp³-hybridized carbons (Fsp3) is 0.138. The van der Waals surface area contributed by atoms with Crippen molar-refractivity contribution in [1.29, 1.82) is 0 Å².